The first kappa shape index (κ1) is 18.1. The molecule has 7 nitrogen and oxygen atoms in total. The zero-order valence-corrected chi connectivity index (χ0v) is 15.1. The van der Waals surface area contributed by atoms with Gasteiger partial charge in [0, 0.05) is 39.2 Å². The molecule has 0 bridgehead atoms. The first-order valence-corrected chi connectivity index (χ1v) is 8.94. The highest BCUT2D eigenvalue weighted by Crippen LogP contribution is 2.13. The zero-order valence-electron chi connectivity index (χ0n) is 14.2. The van der Waals surface area contributed by atoms with Crippen molar-refractivity contribution in [3.8, 4) is 0 Å². The molecule has 0 aromatic carbocycles. The van der Waals surface area contributed by atoms with Crippen LogP contribution in [0.25, 0.3) is 0 Å². The molecule has 2 rings (SSSR count). The SMILES string of the molecule is Cc1nnc(CCNC(=O)N(CCN(C)C)C[C@H]2CCCO2)s1. The van der Waals surface area contributed by atoms with Crippen molar-refractivity contribution in [3.05, 3.63) is 10.0 Å². The maximum Gasteiger partial charge on any atom is 0.317 e. The van der Waals surface area contributed by atoms with Crippen molar-refractivity contribution >= 4 is 17.4 Å². The third-order valence-electron chi connectivity index (χ3n) is 3.74. The van der Waals surface area contributed by atoms with Gasteiger partial charge in [-0.05, 0) is 33.9 Å². The van der Waals surface area contributed by atoms with Crippen molar-refractivity contribution in [3.63, 3.8) is 0 Å². The standard InChI is InChI=1S/C15H27N5O2S/c1-12-17-18-14(23-12)6-7-16-15(21)20(9-8-19(2)3)11-13-5-4-10-22-13/h13H,4-11H2,1-3H3,(H,16,21)/t13-/m1/s1. The van der Waals surface area contributed by atoms with Gasteiger partial charge in [-0.1, -0.05) is 0 Å². The zero-order chi connectivity index (χ0) is 16.7. The quantitative estimate of drug-likeness (QED) is 0.768. The van der Waals surface area contributed by atoms with Crippen LogP contribution in [0.3, 0.4) is 0 Å². The fourth-order valence-corrected chi connectivity index (χ4v) is 3.17. The van der Waals surface area contributed by atoms with E-state index in [0.29, 0.717) is 19.6 Å². The highest BCUT2D eigenvalue weighted by molar-refractivity contribution is 7.11. The topological polar surface area (TPSA) is 70.6 Å². The summed E-state index contributed by atoms with van der Waals surface area (Å²) in [6, 6.07) is -0.0245. The fourth-order valence-electron chi connectivity index (χ4n) is 2.46. The summed E-state index contributed by atoms with van der Waals surface area (Å²) in [6.07, 6.45) is 3.02. The molecule has 0 radical (unpaired) electrons. The third kappa shape index (κ3) is 6.40. The first-order chi connectivity index (χ1) is 11.0. The minimum atomic E-state index is -0.0245. The van der Waals surface area contributed by atoms with Crippen molar-refractivity contribution in [2.75, 3.05) is 46.9 Å². The summed E-state index contributed by atoms with van der Waals surface area (Å²) in [6.45, 7) is 5.54. The van der Waals surface area contributed by atoms with Crippen LogP contribution in [0.5, 0.6) is 0 Å². The van der Waals surface area contributed by atoms with Crippen molar-refractivity contribution < 1.29 is 9.53 Å². The predicted octanol–water partition coefficient (Wildman–Crippen LogP) is 1.14. The van der Waals surface area contributed by atoms with E-state index in [4.69, 9.17) is 4.74 Å². The van der Waals surface area contributed by atoms with Crippen molar-refractivity contribution in [2.24, 2.45) is 0 Å². The summed E-state index contributed by atoms with van der Waals surface area (Å²) in [4.78, 5) is 16.4. The highest BCUT2D eigenvalue weighted by atomic mass is 32.1. The smallest absolute Gasteiger partial charge is 0.317 e. The predicted molar refractivity (Wildman–Crippen MR) is 90.8 cm³/mol. The third-order valence-corrected chi connectivity index (χ3v) is 4.63. The molecule has 130 valence electrons. The van der Waals surface area contributed by atoms with Gasteiger partial charge >= 0.3 is 6.03 Å². The van der Waals surface area contributed by atoms with E-state index in [2.05, 4.69) is 20.4 Å². The van der Waals surface area contributed by atoms with Crippen LogP contribution in [0, 0.1) is 6.92 Å². The molecule has 0 saturated carbocycles. The number of rotatable bonds is 8. The van der Waals surface area contributed by atoms with Crippen LogP contribution in [-0.2, 0) is 11.2 Å². The largest absolute Gasteiger partial charge is 0.376 e. The molecule has 1 aliphatic rings. The highest BCUT2D eigenvalue weighted by Gasteiger charge is 2.22. The molecule has 1 aromatic rings. The number of carbonyl (C=O) groups is 1. The van der Waals surface area contributed by atoms with E-state index >= 15 is 0 Å². The molecule has 0 unspecified atom stereocenters. The van der Waals surface area contributed by atoms with E-state index < -0.39 is 0 Å². The summed E-state index contributed by atoms with van der Waals surface area (Å²) in [5, 5.41) is 13.0. The Balaban J connectivity index is 1.79. The number of nitrogens with one attached hydrogen (secondary N) is 1. The lowest BCUT2D eigenvalue weighted by atomic mass is 10.2. The monoisotopic (exact) mass is 341 g/mol. The average molecular weight is 341 g/mol. The Bertz CT molecular complexity index is 488. The van der Waals surface area contributed by atoms with E-state index in [0.717, 1.165) is 42.4 Å². The second-order valence-corrected chi connectivity index (χ2v) is 7.35. The minimum Gasteiger partial charge on any atom is -0.376 e. The summed E-state index contributed by atoms with van der Waals surface area (Å²) >= 11 is 1.57. The number of aromatic nitrogens is 2. The molecular weight excluding hydrogens is 314 g/mol. The Labute approximate surface area is 142 Å². The van der Waals surface area contributed by atoms with Crippen molar-refractivity contribution in [1.29, 1.82) is 0 Å². The number of aryl methyl sites for hydroxylation is 1. The van der Waals surface area contributed by atoms with Gasteiger partial charge in [-0.2, -0.15) is 0 Å². The Kier molecular flexibility index (Phi) is 7.19. The van der Waals surface area contributed by atoms with Crippen LogP contribution in [0.4, 0.5) is 4.79 Å². The number of hydrogen-bond acceptors (Lipinski definition) is 6. The van der Waals surface area contributed by atoms with E-state index in [1.165, 1.54) is 0 Å². The molecular formula is C15H27N5O2S. The molecule has 2 amide bonds. The van der Waals surface area contributed by atoms with Gasteiger partial charge in [-0.25, -0.2) is 4.79 Å². The van der Waals surface area contributed by atoms with Crippen LogP contribution in [-0.4, -0.2) is 79.0 Å². The Morgan fingerprint density at radius 1 is 1.39 bits per heavy atom. The molecule has 0 spiro atoms. The molecule has 0 aliphatic carbocycles. The molecule has 1 fully saturated rings. The summed E-state index contributed by atoms with van der Waals surface area (Å²) in [7, 11) is 4.03. The van der Waals surface area contributed by atoms with E-state index in [9.17, 15) is 4.79 Å². The Morgan fingerprint density at radius 3 is 2.83 bits per heavy atom. The van der Waals surface area contributed by atoms with Crippen LogP contribution >= 0.6 is 11.3 Å². The average Bonchev–Trinajstić information content (AvgIpc) is 3.15. The van der Waals surface area contributed by atoms with Gasteiger partial charge < -0.3 is 19.9 Å². The number of likely N-dealkylation sites (N-methyl/N-ethyl adjacent to an activating group) is 1. The van der Waals surface area contributed by atoms with Crippen molar-refractivity contribution in [2.45, 2.75) is 32.3 Å². The summed E-state index contributed by atoms with van der Waals surface area (Å²) < 4.78 is 5.67. The van der Waals surface area contributed by atoms with Gasteiger partial charge in [0.2, 0.25) is 0 Å². The molecule has 1 aliphatic heterocycles. The first-order valence-electron chi connectivity index (χ1n) is 8.12. The van der Waals surface area contributed by atoms with Gasteiger partial charge in [-0.3, -0.25) is 0 Å². The lowest BCUT2D eigenvalue weighted by Crippen LogP contribution is -2.46. The fraction of sp³-hybridized carbons (Fsp3) is 0.800. The number of urea groups is 1. The van der Waals surface area contributed by atoms with E-state index in [1.807, 2.05) is 25.9 Å². The summed E-state index contributed by atoms with van der Waals surface area (Å²) in [5.74, 6) is 0. The number of ether oxygens (including phenoxy) is 1. The summed E-state index contributed by atoms with van der Waals surface area (Å²) in [5.41, 5.74) is 0. The van der Waals surface area contributed by atoms with Gasteiger partial charge in [0.15, 0.2) is 0 Å². The van der Waals surface area contributed by atoms with Crippen molar-refractivity contribution in [1.82, 2.24) is 25.3 Å². The van der Waals surface area contributed by atoms with Crippen LogP contribution in [0.1, 0.15) is 22.9 Å². The number of carbonyl (C=O) groups excluding carboxylic acids is 1. The molecule has 1 saturated heterocycles. The Hall–Kier alpha value is -1.25. The van der Waals surface area contributed by atoms with E-state index in [1.54, 1.807) is 11.3 Å². The minimum absolute atomic E-state index is 0.0245. The van der Waals surface area contributed by atoms with Crippen LogP contribution < -0.4 is 5.32 Å². The van der Waals surface area contributed by atoms with Gasteiger partial charge in [-0.15, -0.1) is 21.5 Å². The second kappa shape index (κ2) is 9.14. The number of nitrogens with zero attached hydrogens (tertiary/aromatic N) is 4. The van der Waals surface area contributed by atoms with Crippen LogP contribution in [0.2, 0.25) is 0 Å². The molecule has 8 heteroatoms. The maximum atomic E-state index is 12.4. The van der Waals surface area contributed by atoms with Gasteiger partial charge in [0.1, 0.15) is 10.0 Å². The van der Waals surface area contributed by atoms with Gasteiger partial charge in [0.25, 0.3) is 0 Å². The van der Waals surface area contributed by atoms with Crippen LogP contribution in [0.15, 0.2) is 0 Å². The molecule has 1 aromatic heterocycles. The number of hydrogen-bond donors (Lipinski definition) is 1. The molecule has 23 heavy (non-hydrogen) atoms. The maximum absolute atomic E-state index is 12.4. The molecule has 2 heterocycles. The Morgan fingerprint density at radius 2 is 2.22 bits per heavy atom. The second-order valence-electron chi connectivity index (χ2n) is 6.08. The molecule has 1 atom stereocenters. The molecule has 1 N–H and O–H groups in total. The lowest BCUT2D eigenvalue weighted by Gasteiger charge is -2.27. The normalized spacial score (nSPS) is 17.7. The van der Waals surface area contributed by atoms with E-state index in [-0.39, 0.29) is 12.1 Å². The lowest BCUT2D eigenvalue weighted by molar-refractivity contribution is 0.0796. The van der Waals surface area contributed by atoms with Gasteiger partial charge in [0.05, 0.1) is 6.10 Å². The number of amides is 2.